The fourth-order valence-electron chi connectivity index (χ4n) is 1.35. The van der Waals surface area contributed by atoms with Crippen LogP contribution in [0.1, 0.15) is 41.0 Å². The van der Waals surface area contributed by atoms with Gasteiger partial charge in [0, 0.05) is 12.6 Å². The summed E-state index contributed by atoms with van der Waals surface area (Å²) in [5.74, 6) is -2.16. The maximum absolute atomic E-state index is 12.0. The lowest BCUT2D eigenvalue weighted by atomic mass is 10.3. The van der Waals surface area contributed by atoms with E-state index in [1.165, 1.54) is 25.7 Å². The molecule has 0 spiro atoms. The summed E-state index contributed by atoms with van der Waals surface area (Å²) in [6, 6.07) is -0.234. The largest absolute Gasteiger partial charge is 0.481 e. The molecule has 7 heteroatoms. The molecule has 0 aromatic rings. The van der Waals surface area contributed by atoms with Crippen LogP contribution in [0.3, 0.4) is 0 Å². The highest BCUT2D eigenvalue weighted by Gasteiger charge is 2.33. The van der Waals surface area contributed by atoms with Crippen molar-refractivity contribution in [1.29, 1.82) is 0 Å². The van der Waals surface area contributed by atoms with Crippen LogP contribution in [-0.2, 0) is 19.4 Å². The summed E-state index contributed by atoms with van der Waals surface area (Å²) >= 11 is 0. The minimum atomic E-state index is -3.55. The molecule has 0 aliphatic carbocycles. The molecule has 0 saturated heterocycles. The molecule has 1 amide bonds. The number of carbonyl (C=O) groups is 2. The number of rotatable bonds is 6. The lowest BCUT2D eigenvalue weighted by Crippen LogP contribution is -2.44. The molecule has 1 N–H and O–H groups in total. The van der Waals surface area contributed by atoms with Crippen LogP contribution in [-0.4, -0.2) is 53.4 Å². The van der Waals surface area contributed by atoms with E-state index in [9.17, 15) is 18.0 Å². The molecular weight excluding hydrogens is 270 g/mol. The van der Waals surface area contributed by atoms with Crippen LogP contribution >= 0.6 is 0 Å². The van der Waals surface area contributed by atoms with Gasteiger partial charge < -0.3 is 10.0 Å². The summed E-state index contributed by atoms with van der Waals surface area (Å²) in [5, 5.41) is 8.63. The topological polar surface area (TPSA) is 91.8 Å². The number of amides is 1. The van der Waals surface area contributed by atoms with Crippen molar-refractivity contribution < 1.29 is 23.1 Å². The van der Waals surface area contributed by atoms with E-state index in [2.05, 4.69) is 0 Å². The quantitative estimate of drug-likeness (QED) is 0.786. The van der Waals surface area contributed by atoms with Crippen LogP contribution in [0.25, 0.3) is 0 Å². The molecule has 112 valence electrons. The van der Waals surface area contributed by atoms with E-state index in [1.54, 1.807) is 13.8 Å². The molecule has 0 aliphatic rings. The zero-order valence-corrected chi connectivity index (χ0v) is 13.0. The Kier molecular flexibility index (Phi) is 5.99. The Bertz CT molecular complexity index is 434. The average molecular weight is 293 g/mol. The first kappa shape index (κ1) is 17.9. The Morgan fingerprint density at radius 2 is 1.68 bits per heavy atom. The van der Waals surface area contributed by atoms with Crippen LogP contribution in [0, 0.1) is 0 Å². The van der Waals surface area contributed by atoms with Crippen molar-refractivity contribution in [2.75, 3.05) is 12.3 Å². The number of carboxylic acid groups (broad SMARTS) is 1. The Balaban J connectivity index is 4.90. The van der Waals surface area contributed by atoms with Gasteiger partial charge in [-0.15, -0.1) is 0 Å². The Labute approximate surface area is 114 Å². The van der Waals surface area contributed by atoms with Crippen LogP contribution in [0.2, 0.25) is 0 Å². The second kappa shape index (κ2) is 6.36. The zero-order valence-electron chi connectivity index (χ0n) is 12.1. The first-order valence-corrected chi connectivity index (χ1v) is 7.77. The Morgan fingerprint density at radius 1 is 1.21 bits per heavy atom. The molecular formula is C12H23NO5S. The summed E-state index contributed by atoms with van der Waals surface area (Å²) in [6.45, 7) is 8.07. The third-order valence-electron chi connectivity index (χ3n) is 2.76. The van der Waals surface area contributed by atoms with Crippen molar-refractivity contribution in [3.05, 3.63) is 0 Å². The molecule has 0 atom stereocenters. The SMILES string of the molecule is CC(C)N(CCC(=O)O)C(=O)CS(=O)(=O)C(C)(C)C. The molecule has 0 heterocycles. The van der Waals surface area contributed by atoms with Crippen molar-refractivity contribution in [3.8, 4) is 0 Å². The monoisotopic (exact) mass is 293 g/mol. The zero-order chi connectivity index (χ0) is 15.4. The minimum absolute atomic E-state index is 0.0193. The summed E-state index contributed by atoms with van der Waals surface area (Å²) in [4.78, 5) is 23.8. The Hall–Kier alpha value is -1.11. The van der Waals surface area contributed by atoms with Gasteiger partial charge >= 0.3 is 5.97 Å². The highest BCUT2D eigenvalue weighted by molar-refractivity contribution is 7.93. The Morgan fingerprint density at radius 3 is 2.00 bits per heavy atom. The number of hydrogen-bond acceptors (Lipinski definition) is 4. The van der Waals surface area contributed by atoms with Gasteiger partial charge in [-0.3, -0.25) is 9.59 Å². The molecule has 0 rings (SSSR count). The molecule has 0 fully saturated rings. The summed E-state index contributed by atoms with van der Waals surface area (Å²) in [5.41, 5.74) is 0. The minimum Gasteiger partial charge on any atom is -0.481 e. The molecule has 0 unspecified atom stereocenters. The van der Waals surface area contributed by atoms with Crippen LogP contribution < -0.4 is 0 Å². The normalized spacial score (nSPS) is 12.5. The van der Waals surface area contributed by atoms with Crippen LogP contribution in [0.15, 0.2) is 0 Å². The predicted molar refractivity (Wildman–Crippen MR) is 72.6 cm³/mol. The van der Waals surface area contributed by atoms with Crippen molar-refractivity contribution >= 4 is 21.7 Å². The van der Waals surface area contributed by atoms with Crippen LogP contribution in [0.4, 0.5) is 0 Å². The maximum Gasteiger partial charge on any atom is 0.305 e. The molecule has 0 aliphatic heterocycles. The van der Waals surface area contributed by atoms with Gasteiger partial charge in [-0.2, -0.15) is 0 Å². The number of aliphatic carboxylic acids is 1. The fraction of sp³-hybridized carbons (Fsp3) is 0.833. The molecule has 0 aromatic carbocycles. The highest BCUT2D eigenvalue weighted by atomic mass is 32.2. The van der Waals surface area contributed by atoms with Gasteiger partial charge in [0.2, 0.25) is 5.91 Å². The van der Waals surface area contributed by atoms with Crippen molar-refractivity contribution in [3.63, 3.8) is 0 Å². The number of carboxylic acids is 1. The van der Waals surface area contributed by atoms with E-state index < -0.39 is 32.2 Å². The first-order chi connectivity index (χ1) is 8.38. The van der Waals surface area contributed by atoms with E-state index in [1.807, 2.05) is 0 Å². The second-order valence-electron chi connectivity index (χ2n) is 5.70. The van der Waals surface area contributed by atoms with Crippen molar-refractivity contribution in [2.24, 2.45) is 0 Å². The third-order valence-corrected chi connectivity index (χ3v) is 5.25. The number of sulfone groups is 1. The highest BCUT2D eigenvalue weighted by Crippen LogP contribution is 2.17. The summed E-state index contributed by atoms with van der Waals surface area (Å²) in [7, 11) is -3.55. The van der Waals surface area contributed by atoms with Gasteiger partial charge in [-0.05, 0) is 34.6 Å². The van der Waals surface area contributed by atoms with Gasteiger partial charge in [0.15, 0.2) is 9.84 Å². The second-order valence-corrected chi connectivity index (χ2v) is 8.44. The number of carbonyl (C=O) groups excluding carboxylic acids is 1. The predicted octanol–water partition coefficient (Wildman–Crippen LogP) is 0.911. The molecule has 0 bridgehead atoms. The molecule has 0 saturated carbocycles. The standard InChI is InChI=1S/C12H23NO5S/c1-9(2)13(7-6-11(15)16)10(14)8-19(17,18)12(3,4)5/h9H,6-8H2,1-5H3,(H,15,16). The van der Waals surface area contributed by atoms with Gasteiger partial charge in [0.1, 0.15) is 5.75 Å². The molecule has 19 heavy (non-hydrogen) atoms. The molecule has 0 aromatic heterocycles. The van der Waals surface area contributed by atoms with Crippen molar-refractivity contribution in [1.82, 2.24) is 4.90 Å². The van der Waals surface area contributed by atoms with E-state index in [0.717, 1.165) is 0 Å². The molecule has 0 radical (unpaired) electrons. The summed E-state index contributed by atoms with van der Waals surface area (Å²) < 4.78 is 22.9. The van der Waals surface area contributed by atoms with Gasteiger partial charge in [0.25, 0.3) is 0 Å². The van der Waals surface area contributed by atoms with Crippen molar-refractivity contribution in [2.45, 2.75) is 51.8 Å². The van der Waals surface area contributed by atoms with Gasteiger partial charge in [-0.1, -0.05) is 0 Å². The van der Waals surface area contributed by atoms with E-state index in [4.69, 9.17) is 5.11 Å². The van der Waals surface area contributed by atoms with E-state index in [-0.39, 0.29) is 19.0 Å². The molecule has 6 nitrogen and oxygen atoms in total. The summed E-state index contributed by atoms with van der Waals surface area (Å²) in [6.07, 6.45) is -0.195. The van der Waals surface area contributed by atoms with E-state index >= 15 is 0 Å². The third kappa shape index (κ3) is 5.59. The maximum atomic E-state index is 12.0. The number of nitrogens with zero attached hydrogens (tertiary/aromatic N) is 1. The van der Waals surface area contributed by atoms with E-state index in [0.29, 0.717) is 0 Å². The van der Waals surface area contributed by atoms with Gasteiger partial charge in [0.05, 0.1) is 11.2 Å². The van der Waals surface area contributed by atoms with Gasteiger partial charge in [-0.25, -0.2) is 8.42 Å². The lowest BCUT2D eigenvalue weighted by Gasteiger charge is -2.28. The first-order valence-electron chi connectivity index (χ1n) is 6.12. The number of hydrogen-bond donors (Lipinski definition) is 1. The fourth-order valence-corrected chi connectivity index (χ4v) is 2.27. The van der Waals surface area contributed by atoms with Crippen LogP contribution in [0.5, 0.6) is 0 Å². The average Bonchev–Trinajstić information content (AvgIpc) is 2.13. The lowest BCUT2D eigenvalue weighted by molar-refractivity contribution is -0.138. The smallest absolute Gasteiger partial charge is 0.305 e.